The molecule has 1 N–H and O–H groups in total. The summed E-state index contributed by atoms with van der Waals surface area (Å²) < 4.78 is 5.62. The van der Waals surface area contributed by atoms with Gasteiger partial charge in [0.15, 0.2) is 0 Å². The zero-order chi connectivity index (χ0) is 24.8. The minimum Gasteiger partial charge on any atom is -0.508 e. The maximum Gasteiger partial charge on any atom is 0.120 e. The Hall–Kier alpha value is -2.98. The first kappa shape index (κ1) is 25.1. The number of likely N-dealkylation sites (N-methyl/N-ethyl adjacent to an activating group) is 1. The molecule has 1 unspecified atom stereocenters. The highest BCUT2D eigenvalue weighted by Crippen LogP contribution is 2.40. The van der Waals surface area contributed by atoms with E-state index in [4.69, 9.17) is 4.74 Å². The van der Waals surface area contributed by atoms with Gasteiger partial charge in [0, 0.05) is 31.4 Å². The number of methoxy groups -OCH3 is 1. The number of fused-ring (bicyclic) bond motifs is 1. The van der Waals surface area contributed by atoms with Crippen LogP contribution in [-0.2, 0) is 25.8 Å². The second-order valence-electron chi connectivity index (χ2n) is 9.79. The van der Waals surface area contributed by atoms with Gasteiger partial charge in [-0.25, -0.2) is 0 Å². The molecule has 4 rings (SSSR count). The van der Waals surface area contributed by atoms with Crippen LogP contribution in [0.1, 0.15) is 54.0 Å². The molecule has 1 aliphatic rings. The van der Waals surface area contributed by atoms with Crippen molar-refractivity contribution >= 4 is 5.69 Å². The molecule has 0 saturated heterocycles. The molecule has 0 saturated carbocycles. The standard InChI is InChI=1S/C31H40N2O2/c1-5-32(3)18-17-23-7-9-24(10-8-23)22-33(6-2)31-21-29(35-4)15-16-30(31)27-12-11-26-20-28(34)14-13-25(26)19-27/h7-10,13-16,20-21,27,34H,5-6,11-12,17-19,22H2,1-4H3. The minimum absolute atomic E-state index is 0.368. The van der Waals surface area contributed by atoms with Gasteiger partial charge in [-0.3, -0.25) is 0 Å². The van der Waals surface area contributed by atoms with E-state index in [2.05, 4.69) is 79.2 Å². The number of anilines is 1. The SMILES string of the molecule is CCN(C)CCc1ccc(CN(CC)c2cc(OC)ccc2C2CCc3cc(O)ccc3C2)cc1. The highest BCUT2D eigenvalue weighted by atomic mass is 16.5. The van der Waals surface area contributed by atoms with E-state index < -0.39 is 0 Å². The number of ether oxygens (including phenoxy) is 1. The average molecular weight is 473 g/mol. The Balaban J connectivity index is 1.55. The van der Waals surface area contributed by atoms with Crippen molar-refractivity contribution in [3.05, 3.63) is 88.5 Å². The predicted molar refractivity (Wildman–Crippen MR) is 146 cm³/mol. The van der Waals surface area contributed by atoms with Crippen LogP contribution in [0, 0.1) is 0 Å². The first-order valence-corrected chi connectivity index (χ1v) is 13.0. The molecule has 0 fully saturated rings. The lowest BCUT2D eigenvalue weighted by Gasteiger charge is -2.32. The van der Waals surface area contributed by atoms with Crippen molar-refractivity contribution < 1.29 is 9.84 Å². The van der Waals surface area contributed by atoms with Crippen LogP contribution in [0.2, 0.25) is 0 Å². The molecule has 0 spiro atoms. The average Bonchev–Trinajstić information content (AvgIpc) is 2.90. The van der Waals surface area contributed by atoms with Crippen LogP contribution >= 0.6 is 0 Å². The van der Waals surface area contributed by atoms with E-state index in [1.807, 2.05) is 12.1 Å². The van der Waals surface area contributed by atoms with Crippen molar-refractivity contribution in [1.82, 2.24) is 4.90 Å². The smallest absolute Gasteiger partial charge is 0.120 e. The molecule has 0 aliphatic heterocycles. The van der Waals surface area contributed by atoms with E-state index in [0.717, 1.165) is 57.6 Å². The van der Waals surface area contributed by atoms with Gasteiger partial charge in [0.25, 0.3) is 0 Å². The monoisotopic (exact) mass is 472 g/mol. The molecule has 1 atom stereocenters. The van der Waals surface area contributed by atoms with Crippen molar-refractivity contribution in [3.63, 3.8) is 0 Å². The van der Waals surface area contributed by atoms with Crippen molar-refractivity contribution in [3.8, 4) is 11.5 Å². The zero-order valence-corrected chi connectivity index (χ0v) is 21.8. The molecule has 186 valence electrons. The first-order valence-electron chi connectivity index (χ1n) is 13.0. The van der Waals surface area contributed by atoms with E-state index >= 15 is 0 Å². The van der Waals surface area contributed by atoms with E-state index in [0.29, 0.717) is 11.7 Å². The van der Waals surface area contributed by atoms with Gasteiger partial charge >= 0.3 is 0 Å². The lowest BCUT2D eigenvalue weighted by atomic mass is 9.79. The van der Waals surface area contributed by atoms with Crippen LogP contribution in [0.25, 0.3) is 0 Å². The molecule has 0 amide bonds. The number of benzene rings is 3. The van der Waals surface area contributed by atoms with Gasteiger partial charge in [-0.2, -0.15) is 0 Å². The van der Waals surface area contributed by atoms with Crippen LogP contribution in [-0.4, -0.2) is 43.8 Å². The summed E-state index contributed by atoms with van der Waals surface area (Å²) in [6.45, 7) is 8.42. The normalized spacial score (nSPS) is 15.2. The Kier molecular flexibility index (Phi) is 8.35. The summed E-state index contributed by atoms with van der Waals surface area (Å²) >= 11 is 0. The van der Waals surface area contributed by atoms with Crippen molar-refractivity contribution in [1.29, 1.82) is 0 Å². The van der Waals surface area contributed by atoms with Gasteiger partial charge in [-0.05, 0) is 98.1 Å². The molecule has 0 bridgehead atoms. The van der Waals surface area contributed by atoms with Crippen LogP contribution in [0.15, 0.2) is 60.7 Å². The van der Waals surface area contributed by atoms with Gasteiger partial charge in [0.05, 0.1) is 7.11 Å². The first-order chi connectivity index (χ1) is 17.0. The maximum absolute atomic E-state index is 9.88. The molecule has 0 aromatic heterocycles. The molecule has 3 aromatic carbocycles. The molecule has 0 heterocycles. The summed E-state index contributed by atoms with van der Waals surface area (Å²) in [7, 11) is 3.92. The Labute approximate surface area is 211 Å². The van der Waals surface area contributed by atoms with Crippen LogP contribution in [0.4, 0.5) is 5.69 Å². The molecule has 3 aromatic rings. The van der Waals surface area contributed by atoms with Gasteiger partial charge in [-0.1, -0.05) is 43.3 Å². The van der Waals surface area contributed by atoms with Crippen LogP contribution < -0.4 is 9.64 Å². The van der Waals surface area contributed by atoms with Gasteiger partial charge in [-0.15, -0.1) is 0 Å². The lowest BCUT2D eigenvalue weighted by molar-refractivity contribution is 0.357. The number of aromatic hydroxyl groups is 1. The fraction of sp³-hybridized carbons (Fsp3) is 0.419. The summed E-state index contributed by atoms with van der Waals surface area (Å²) in [6, 6.07) is 21.6. The van der Waals surface area contributed by atoms with Crippen LogP contribution in [0.3, 0.4) is 0 Å². The van der Waals surface area contributed by atoms with Gasteiger partial charge in [0.1, 0.15) is 11.5 Å². The maximum atomic E-state index is 9.88. The van der Waals surface area contributed by atoms with E-state index in [-0.39, 0.29) is 0 Å². The molecular formula is C31H40N2O2. The van der Waals surface area contributed by atoms with E-state index in [1.165, 1.54) is 33.5 Å². The minimum atomic E-state index is 0.368. The summed E-state index contributed by atoms with van der Waals surface area (Å²) in [6.07, 6.45) is 4.19. The van der Waals surface area contributed by atoms with E-state index in [1.54, 1.807) is 7.11 Å². The number of rotatable bonds is 10. The van der Waals surface area contributed by atoms with Crippen molar-refractivity contribution in [2.75, 3.05) is 38.7 Å². The second kappa shape index (κ2) is 11.6. The Bertz CT molecular complexity index is 1110. The highest BCUT2D eigenvalue weighted by Gasteiger charge is 2.24. The summed E-state index contributed by atoms with van der Waals surface area (Å²) in [5.74, 6) is 1.73. The Morgan fingerprint density at radius 1 is 0.914 bits per heavy atom. The fourth-order valence-electron chi connectivity index (χ4n) is 5.15. The molecular weight excluding hydrogens is 432 g/mol. The van der Waals surface area contributed by atoms with E-state index in [9.17, 15) is 5.11 Å². The summed E-state index contributed by atoms with van der Waals surface area (Å²) in [5.41, 5.74) is 8.03. The molecule has 4 nitrogen and oxygen atoms in total. The lowest BCUT2D eigenvalue weighted by Crippen LogP contribution is -2.25. The molecule has 0 radical (unpaired) electrons. The third-order valence-corrected chi connectivity index (χ3v) is 7.54. The summed E-state index contributed by atoms with van der Waals surface area (Å²) in [4.78, 5) is 4.83. The zero-order valence-electron chi connectivity index (χ0n) is 21.8. The number of hydrogen-bond donors (Lipinski definition) is 1. The Morgan fingerprint density at radius 2 is 1.69 bits per heavy atom. The quantitative estimate of drug-likeness (QED) is 0.381. The highest BCUT2D eigenvalue weighted by molar-refractivity contribution is 5.60. The number of aryl methyl sites for hydroxylation is 1. The Morgan fingerprint density at radius 3 is 2.40 bits per heavy atom. The van der Waals surface area contributed by atoms with Crippen LogP contribution in [0.5, 0.6) is 11.5 Å². The summed E-state index contributed by atoms with van der Waals surface area (Å²) in [5, 5.41) is 9.88. The van der Waals surface area contributed by atoms with Crippen molar-refractivity contribution in [2.24, 2.45) is 0 Å². The molecule has 35 heavy (non-hydrogen) atoms. The predicted octanol–water partition coefficient (Wildman–Crippen LogP) is 6.19. The molecule has 4 heteroatoms. The second-order valence-corrected chi connectivity index (χ2v) is 9.79. The number of nitrogens with zero attached hydrogens (tertiary/aromatic N) is 2. The number of phenolic OH excluding ortho intramolecular Hbond substituents is 1. The van der Waals surface area contributed by atoms with Crippen molar-refractivity contribution in [2.45, 2.75) is 52.0 Å². The third kappa shape index (κ3) is 6.18. The van der Waals surface area contributed by atoms with Gasteiger partial charge in [0.2, 0.25) is 0 Å². The number of phenols is 1. The topological polar surface area (TPSA) is 35.9 Å². The third-order valence-electron chi connectivity index (χ3n) is 7.54. The fourth-order valence-corrected chi connectivity index (χ4v) is 5.15. The number of hydrogen-bond acceptors (Lipinski definition) is 4. The molecule has 1 aliphatic carbocycles. The van der Waals surface area contributed by atoms with Gasteiger partial charge < -0.3 is 19.6 Å². The largest absolute Gasteiger partial charge is 0.508 e.